The summed E-state index contributed by atoms with van der Waals surface area (Å²) in [7, 11) is 0. The number of hydrogen-bond donors (Lipinski definition) is 1. The molecule has 1 N–H and O–H groups in total. The first kappa shape index (κ1) is 16.3. The van der Waals surface area contributed by atoms with E-state index in [0.717, 1.165) is 12.8 Å². The Kier molecular flexibility index (Phi) is 4.99. The number of carbonyl (C=O) groups is 1. The third-order valence-corrected chi connectivity index (χ3v) is 4.42. The molecule has 0 aliphatic carbocycles. The summed E-state index contributed by atoms with van der Waals surface area (Å²) in [5, 5.41) is 9.96. The van der Waals surface area contributed by atoms with Crippen molar-refractivity contribution in [2.45, 2.75) is 37.7 Å². The first-order chi connectivity index (χ1) is 11.7. The van der Waals surface area contributed by atoms with Gasteiger partial charge in [0.05, 0.1) is 6.08 Å². The lowest BCUT2D eigenvalue weighted by molar-refractivity contribution is -0.158. The average molecular weight is 320 g/mol. The van der Waals surface area contributed by atoms with Crippen LogP contribution in [-0.2, 0) is 22.4 Å². The van der Waals surface area contributed by atoms with Gasteiger partial charge in [0.2, 0.25) is 0 Å². The van der Waals surface area contributed by atoms with Gasteiger partial charge in [-0.2, -0.15) is 0 Å². The van der Waals surface area contributed by atoms with Gasteiger partial charge in [-0.05, 0) is 48.9 Å². The summed E-state index contributed by atoms with van der Waals surface area (Å²) >= 11 is 0. The van der Waals surface area contributed by atoms with Crippen molar-refractivity contribution < 1.29 is 14.6 Å². The molecule has 1 aliphatic rings. The minimum absolute atomic E-state index is 0.106. The number of aryl methyl sites for hydroxylation is 2. The fourth-order valence-electron chi connectivity index (χ4n) is 3.12. The summed E-state index contributed by atoms with van der Waals surface area (Å²) < 4.78 is 5.70. The van der Waals surface area contributed by atoms with Crippen LogP contribution >= 0.6 is 0 Å². The van der Waals surface area contributed by atoms with Crippen molar-refractivity contribution in [3.8, 4) is 0 Å². The van der Waals surface area contributed by atoms with Crippen molar-refractivity contribution in [3.05, 3.63) is 83.6 Å². The summed E-state index contributed by atoms with van der Waals surface area (Å²) in [6.45, 7) is 0. The molecule has 2 radical (unpaired) electrons. The van der Waals surface area contributed by atoms with E-state index in [1.54, 1.807) is 0 Å². The van der Waals surface area contributed by atoms with Gasteiger partial charge in [-0.3, -0.25) is 0 Å². The van der Waals surface area contributed by atoms with Gasteiger partial charge in [-0.25, -0.2) is 4.79 Å². The Morgan fingerprint density at radius 2 is 1.46 bits per heavy atom. The lowest BCUT2D eigenvalue weighted by Gasteiger charge is -2.35. The summed E-state index contributed by atoms with van der Waals surface area (Å²) in [6.07, 6.45) is 4.48. The minimum atomic E-state index is -0.658. The normalized spacial score (nSPS) is 16.3. The molecule has 1 aliphatic heterocycles. The van der Waals surface area contributed by atoms with E-state index in [1.807, 2.05) is 48.5 Å². The van der Waals surface area contributed by atoms with E-state index < -0.39 is 11.6 Å². The monoisotopic (exact) mass is 320 g/mol. The Balaban J connectivity index is 1.73. The minimum Gasteiger partial charge on any atom is -0.512 e. The third kappa shape index (κ3) is 4.25. The Labute approximate surface area is 142 Å². The summed E-state index contributed by atoms with van der Waals surface area (Å²) in [5.74, 6) is -0.351. The van der Waals surface area contributed by atoms with E-state index in [0.29, 0.717) is 19.3 Å². The molecule has 122 valence electrons. The van der Waals surface area contributed by atoms with Crippen LogP contribution in [0.3, 0.4) is 0 Å². The predicted molar refractivity (Wildman–Crippen MR) is 91.3 cm³/mol. The van der Waals surface area contributed by atoms with E-state index in [9.17, 15) is 9.90 Å². The molecule has 0 fully saturated rings. The largest absolute Gasteiger partial charge is 0.512 e. The van der Waals surface area contributed by atoms with E-state index in [1.165, 1.54) is 17.2 Å². The SMILES string of the molecule is O=C1C=C(O)CC(CCc2cc[c]cc2)(CCc2cc[c]cc2)O1. The highest BCUT2D eigenvalue weighted by atomic mass is 16.6. The highest BCUT2D eigenvalue weighted by molar-refractivity contribution is 5.83. The van der Waals surface area contributed by atoms with E-state index >= 15 is 0 Å². The van der Waals surface area contributed by atoms with Gasteiger partial charge in [0.25, 0.3) is 0 Å². The molecule has 0 spiro atoms. The molecule has 1 heterocycles. The third-order valence-electron chi connectivity index (χ3n) is 4.42. The van der Waals surface area contributed by atoms with Crippen molar-refractivity contribution in [1.29, 1.82) is 0 Å². The van der Waals surface area contributed by atoms with Gasteiger partial charge in [0, 0.05) is 6.42 Å². The fraction of sp³-hybridized carbons (Fsp3) is 0.286. The number of aliphatic hydroxyl groups excluding tert-OH is 1. The molecule has 3 rings (SSSR count). The van der Waals surface area contributed by atoms with Gasteiger partial charge in [-0.1, -0.05) is 48.5 Å². The number of hydrogen-bond acceptors (Lipinski definition) is 3. The number of rotatable bonds is 6. The highest BCUT2D eigenvalue weighted by Crippen LogP contribution is 2.34. The topological polar surface area (TPSA) is 46.5 Å². The molecule has 0 atom stereocenters. The number of benzene rings is 2. The predicted octanol–water partition coefficient (Wildman–Crippen LogP) is 3.98. The molecule has 24 heavy (non-hydrogen) atoms. The van der Waals surface area contributed by atoms with Crippen LogP contribution in [0.5, 0.6) is 0 Å². The van der Waals surface area contributed by atoms with Crippen molar-refractivity contribution in [2.24, 2.45) is 0 Å². The molecule has 0 bridgehead atoms. The molecule has 2 aromatic rings. The molecule has 0 unspecified atom stereocenters. The van der Waals surface area contributed by atoms with E-state index in [-0.39, 0.29) is 5.76 Å². The van der Waals surface area contributed by atoms with E-state index in [2.05, 4.69) is 12.1 Å². The van der Waals surface area contributed by atoms with Crippen LogP contribution in [0.1, 0.15) is 30.4 Å². The Bertz CT molecular complexity index is 661. The zero-order valence-electron chi connectivity index (χ0n) is 13.5. The fourth-order valence-corrected chi connectivity index (χ4v) is 3.12. The van der Waals surface area contributed by atoms with Crippen LogP contribution < -0.4 is 0 Å². The Hall–Kier alpha value is -2.55. The van der Waals surface area contributed by atoms with Crippen molar-refractivity contribution in [2.75, 3.05) is 0 Å². The van der Waals surface area contributed by atoms with Crippen LogP contribution in [0.2, 0.25) is 0 Å². The van der Waals surface area contributed by atoms with Gasteiger partial charge in [0.1, 0.15) is 11.4 Å². The summed E-state index contributed by atoms with van der Waals surface area (Å²) in [4.78, 5) is 11.8. The molecule has 0 saturated heterocycles. The maximum absolute atomic E-state index is 11.8. The van der Waals surface area contributed by atoms with Gasteiger partial charge in [-0.15, -0.1) is 0 Å². The first-order valence-corrected chi connectivity index (χ1v) is 8.18. The highest BCUT2D eigenvalue weighted by Gasteiger charge is 2.37. The number of aliphatic hydroxyl groups is 1. The second-order valence-electron chi connectivity index (χ2n) is 6.23. The van der Waals surface area contributed by atoms with Crippen LogP contribution in [0.4, 0.5) is 0 Å². The number of carbonyl (C=O) groups excluding carboxylic acids is 1. The van der Waals surface area contributed by atoms with Crippen molar-refractivity contribution >= 4 is 5.97 Å². The second-order valence-corrected chi connectivity index (χ2v) is 6.23. The van der Waals surface area contributed by atoms with Crippen LogP contribution in [0.25, 0.3) is 0 Å². The van der Waals surface area contributed by atoms with Crippen LogP contribution in [0, 0.1) is 12.1 Å². The first-order valence-electron chi connectivity index (χ1n) is 8.18. The lowest BCUT2D eigenvalue weighted by atomic mass is 9.84. The second kappa shape index (κ2) is 7.35. The van der Waals surface area contributed by atoms with Gasteiger partial charge in [0.15, 0.2) is 0 Å². The summed E-state index contributed by atoms with van der Waals surface area (Å²) in [6, 6.07) is 21.6. The molecular weight excluding hydrogens is 300 g/mol. The van der Waals surface area contributed by atoms with Gasteiger partial charge < -0.3 is 9.84 Å². The maximum atomic E-state index is 11.8. The van der Waals surface area contributed by atoms with Crippen molar-refractivity contribution in [3.63, 3.8) is 0 Å². The number of esters is 1. The zero-order chi connectivity index (χ0) is 16.8. The maximum Gasteiger partial charge on any atom is 0.334 e. The van der Waals surface area contributed by atoms with Gasteiger partial charge >= 0.3 is 5.97 Å². The molecular formula is C21H20O3. The standard InChI is InChI=1S/C21H20O3/c22-19-15-20(23)24-21(16-19,13-11-17-7-3-1-4-8-17)14-12-18-9-5-2-6-10-18/h3-10,15,22H,11-14,16H2. The number of ether oxygens (including phenoxy) is 1. The molecule has 0 amide bonds. The van der Waals surface area contributed by atoms with Crippen LogP contribution in [0.15, 0.2) is 60.4 Å². The Morgan fingerprint density at radius 1 is 0.958 bits per heavy atom. The molecule has 3 heteroatoms. The number of cyclic esters (lactones) is 1. The molecule has 3 nitrogen and oxygen atoms in total. The van der Waals surface area contributed by atoms with E-state index in [4.69, 9.17) is 4.74 Å². The quantitative estimate of drug-likeness (QED) is 0.819. The van der Waals surface area contributed by atoms with Crippen LogP contribution in [-0.4, -0.2) is 16.7 Å². The zero-order valence-corrected chi connectivity index (χ0v) is 13.5. The molecule has 2 aromatic carbocycles. The molecule has 0 aromatic heterocycles. The van der Waals surface area contributed by atoms with Crippen molar-refractivity contribution in [1.82, 2.24) is 0 Å². The Morgan fingerprint density at radius 3 is 1.92 bits per heavy atom. The lowest BCUT2D eigenvalue weighted by Crippen LogP contribution is -2.39. The summed E-state index contributed by atoms with van der Waals surface area (Å²) in [5.41, 5.74) is 1.69. The smallest absolute Gasteiger partial charge is 0.334 e. The molecule has 0 saturated carbocycles. The average Bonchev–Trinajstić information content (AvgIpc) is 2.59.